The van der Waals surface area contributed by atoms with Crippen molar-refractivity contribution >= 4 is 11.9 Å². The number of esters is 2. The Morgan fingerprint density at radius 2 is 1.88 bits per heavy atom. The molecule has 0 radical (unpaired) electrons. The molecule has 1 fully saturated rings. The van der Waals surface area contributed by atoms with E-state index in [0.717, 1.165) is 0 Å². The van der Waals surface area contributed by atoms with Crippen LogP contribution in [0.3, 0.4) is 0 Å². The highest BCUT2D eigenvalue weighted by Gasteiger charge is 2.61. The summed E-state index contributed by atoms with van der Waals surface area (Å²) in [6.45, 7) is 1.36. The fourth-order valence-corrected chi connectivity index (χ4v) is 2.64. The molecule has 0 saturated heterocycles. The number of fused-ring (bicyclic) bond motifs is 1. The van der Waals surface area contributed by atoms with Crippen LogP contribution in [0.4, 0.5) is 0 Å². The zero-order valence-corrected chi connectivity index (χ0v) is 10.1. The first-order valence-corrected chi connectivity index (χ1v) is 5.56. The Morgan fingerprint density at radius 1 is 1.18 bits per heavy atom. The van der Waals surface area contributed by atoms with E-state index in [2.05, 4.69) is 0 Å². The van der Waals surface area contributed by atoms with Crippen molar-refractivity contribution in [2.45, 2.75) is 19.1 Å². The Hall–Kier alpha value is -1.36. The minimum Gasteiger partial charge on any atom is -0.469 e. The van der Waals surface area contributed by atoms with Gasteiger partial charge in [-0.05, 0) is 12.0 Å². The summed E-state index contributed by atoms with van der Waals surface area (Å²) in [6.07, 6.45) is 3.03. The maximum absolute atomic E-state index is 11.5. The van der Waals surface area contributed by atoms with Crippen molar-refractivity contribution in [3.63, 3.8) is 0 Å². The zero-order chi connectivity index (χ0) is 12.6. The van der Waals surface area contributed by atoms with Crippen LogP contribution in [0.25, 0.3) is 0 Å². The molecule has 0 aromatic carbocycles. The highest BCUT2D eigenvalue weighted by atomic mass is 16.6. The first-order chi connectivity index (χ1) is 8.10. The van der Waals surface area contributed by atoms with Crippen LogP contribution in [-0.2, 0) is 23.8 Å². The summed E-state index contributed by atoms with van der Waals surface area (Å²) in [4.78, 5) is 22.5. The second-order valence-electron chi connectivity index (χ2n) is 4.36. The quantitative estimate of drug-likeness (QED) is 0.532. The van der Waals surface area contributed by atoms with Crippen LogP contribution in [0.5, 0.6) is 0 Å². The van der Waals surface area contributed by atoms with Crippen molar-refractivity contribution in [2.75, 3.05) is 14.2 Å². The molecule has 5 atom stereocenters. The lowest BCUT2D eigenvalue weighted by atomic mass is 10.0. The van der Waals surface area contributed by atoms with Crippen molar-refractivity contribution in [3.8, 4) is 0 Å². The maximum Gasteiger partial charge on any atom is 0.309 e. The van der Waals surface area contributed by atoms with Gasteiger partial charge in [-0.15, -0.1) is 0 Å². The van der Waals surface area contributed by atoms with E-state index in [1.54, 1.807) is 13.2 Å². The molecule has 5 heteroatoms. The van der Waals surface area contributed by atoms with Crippen LogP contribution in [0.1, 0.15) is 6.92 Å². The predicted octanol–water partition coefficient (Wildman–Crippen LogP) is 0.538. The van der Waals surface area contributed by atoms with Crippen molar-refractivity contribution in [1.29, 1.82) is 0 Å². The molecule has 2 rings (SSSR count). The smallest absolute Gasteiger partial charge is 0.309 e. The molecule has 0 aromatic rings. The zero-order valence-electron chi connectivity index (χ0n) is 10.1. The van der Waals surface area contributed by atoms with Crippen LogP contribution >= 0.6 is 0 Å². The molecule has 0 bridgehead atoms. The minimum absolute atomic E-state index is 0.0572. The number of hydrogen-bond donors (Lipinski definition) is 0. The van der Waals surface area contributed by atoms with Crippen molar-refractivity contribution < 1.29 is 23.8 Å². The van der Waals surface area contributed by atoms with Gasteiger partial charge >= 0.3 is 11.9 Å². The van der Waals surface area contributed by atoms with Gasteiger partial charge in [-0.3, -0.25) is 9.59 Å². The minimum atomic E-state index is -0.409. The Kier molecular flexibility index (Phi) is 3.19. The highest BCUT2D eigenvalue weighted by Crippen LogP contribution is 2.54. The number of allylic oxidation sites excluding steroid dienone is 1. The fourth-order valence-electron chi connectivity index (χ4n) is 2.64. The van der Waals surface area contributed by atoms with Gasteiger partial charge in [0.15, 0.2) is 0 Å². The molecule has 1 saturated carbocycles. The van der Waals surface area contributed by atoms with Gasteiger partial charge in [0, 0.05) is 20.0 Å². The fraction of sp³-hybridized carbons (Fsp3) is 0.667. The molecule has 0 aliphatic heterocycles. The van der Waals surface area contributed by atoms with Crippen LogP contribution in [0.15, 0.2) is 12.2 Å². The van der Waals surface area contributed by atoms with E-state index < -0.39 is 6.10 Å². The Morgan fingerprint density at radius 3 is 2.41 bits per heavy atom. The second-order valence-corrected chi connectivity index (χ2v) is 4.36. The molecule has 0 spiro atoms. The molecule has 5 nitrogen and oxygen atoms in total. The average Bonchev–Trinajstić information content (AvgIpc) is 3.01. The molecule has 2 aliphatic rings. The molecule has 0 amide bonds. The number of carbonyl (C=O) groups is 2. The first kappa shape index (κ1) is 12.1. The average molecular weight is 240 g/mol. The highest BCUT2D eigenvalue weighted by molar-refractivity contribution is 5.77. The van der Waals surface area contributed by atoms with Gasteiger partial charge in [0.25, 0.3) is 0 Å². The van der Waals surface area contributed by atoms with Gasteiger partial charge in [-0.25, -0.2) is 0 Å². The van der Waals surface area contributed by atoms with Crippen molar-refractivity contribution in [1.82, 2.24) is 0 Å². The molecule has 0 unspecified atom stereocenters. The Balaban J connectivity index is 2.09. The van der Waals surface area contributed by atoms with Gasteiger partial charge in [-0.2, -0.15) is 0 Å². The van der Waals surface area contributed by atoms with Crippen LogP contribution in [-0.4, -0.2) is 38.4 Å². The lowest BCUT2D eigenvalue weighted by Crippen LogP contribution is -2.35. The van der Waals surface area contributed by atoms with E-state index in [9.17, 15) is 9.59 Å². The van der Waals surface area contributed by atoms with Crippen LogP contribution in [0, 0.1) is 17.8 Å². The summed E-state index contributed by atoms with van der Waals surface area (Å²) in [5, 5.41) is 0. The molecule has 17 heavy (non-hydrogen) atoms. The van der Waals surface area contributed by atoms with Crippen molar-refractivity contribution in [3.05, 3.63) is 12.2 Å². The van der Waals surface area contributed by atoms with Crippen molar-refractivity contribution in [2.24, 2.45) is 17.8 Å². The van der Waals surface area contributed by atoms with E-state index in [-0.39, 0.29) is 35.8 Å². The van der Waals surface area contributed by atoms with E-state index in [1.807, 2.05) is 6.08 Å². The third-order valence-corrected chi connectivity index (χ3v) is 3.41. The number of methoxy groups -OCH3 is 2. The van der Waals surface area contributed by atoms with Gasteiger partial charge < -0.3 is 14.2 Å². The number of carbonyl (C=O) groups excluding carboxylic acids is 2. The molecular weight excluding hydrogens is 224 g/mol. The molecule has 0 aromatic heterocycles. The standard InChI is InChI=1S/C12H16O5/c1-6(13)17-8-5-4-7-9(11(8)15-2)10(7)12(14)16-3/h4-5,7-11H,1-3H3/t7-,8-,9-,10+,11+/m1/s1. The SMILES string of the molecule is COC(=O)[C@H]1[C@@H]2C=C[C@@H](OC(C)=O)[C@H](OC)[C@H]21. The molecular formula is C12H16O5. The van der Waals surface area contributed by atoms with Gasteiger partial charge in [0.1, 0.15) is 12.2 Å². The normalized spacial score (nSPS) is 38.2. The third-order valence-electron chi connectivity index (χ3n) is 3.41. The summed E-state index contributed by atoms with van der Waals surface area (Å²) in [6, 6.07) is 0. The lowest BCUT2D eigenvalue weighted by Gasteiger charge is -2.25. The van der Waals surface area contributed by atoms with Gasteiger partial charge in [0.2, 0.25) is 0 Å². The first-order valence-electron chi connectivity index (χ1n) is 5.56. The van der Waals surface area contributed by atoms with E-state index in [4.69, 9.17) is 14.2 Å². The Bertz CT molecular complexity index is 362. The number of rotatable bonds is 3. The molecule has 0 heterocycles. The van der Waals surface area contributed by atoms with Gasteiger partial charge in [0.05, 0.1) is 13.0 Å². The molecule has 0 N–H and O–H groups in total. The predicted molar refractivity (Wildman–Crippen MR) is 58.0 cm³/mol. The van der Waals surface area contributed by atoms with Crippen LogP contribution in [0.2, 0.25) is 0 Å². The second kappa shape index (κ2) is 4.49. The van der Waals surface area contributed by atoms with Crippen LogP contribution < -0.4 is 0 Å². The summed E-state index contributed by atoms with van der Waals surface area (Å²) in [7, 11) is 2.94. The summed E-state index contributed by atoms with van der Waals surface area (Å²) in [5.41, 5.74) is 0. The van der Waals surface area contributed by atoms with E-state index >= 15 is 0 Å². The monoisotopic (exact) mass is 240 g/mol. The van der Waals surface area contributed by atoms with E-state index in [0.29, 0.717) is 0 Å². The third kappa shape index (κ3) is 2.07. The maximum atomic E-state index is 11.5. The number of hydrogen-bond acceptors (Lipinski definition) is 5. The van der Waals surface area contributed by atoms with E-state index in [1.165, 1.54) is 14.0 Å². The Labute approximate surface area is 99.7 Å². The summed E-state index contributed by atoms with van der Waals surface area (Å²) in [5.74, 6) is -0.534. The topological polar surface area (TPSA) is 61.8 Å². The number of ether oxygens (including phenoxy) is 3. The summed E-state index contributed by atoms with van der Waals surface area (Å²) < 4.78 is 15.2. The largest absolute Gasteiger partial charge is 0.469 e. The molecule has 94 valence electrons. The lowest BCUT2D eigenvalue weighted by molar-refractivity contribution is -0.151. The summed E-state index contributed by atoms with van der Waals surface area (Å²) >= 11 is 0. The van der Waals surface area contributed by atoms with Gasteiger partial charge in [-0.1, -0.05) is 6.08 Å². The molecule has 2 aliphatic carbocycles.